The van der Waals surface area contributed by atoms with E-state index >= 15 is 0 Å². The highest BCUT2D eigenvalue weighted by atomic mass is 16.5. The lowest BCUT2D eigenvalue weighted by Crippen LogP contribution is -2.34. The van der Waals surface area contributed by atoms with Gasteiger partial charge in [0.15, 0.2) is 6.10 Å². The van der Waals surface area contributed by atoms with Gasteiger partial charge in [-0.05, 0) is 24.0 Å². The van der Waals surface area contributed by atoms with E-state index in [-0.39, 0.29) is 5.91 Å². The monoisotopic (exact) mass is 243 g/mol. The minimum absolute atomic E-state index is 0.0702. The van der Waals surface area contributed by atoms with Crippen LogP contribution < -0.4 is 5.32 Å². The number of benzene rings is 1. The van der Waals surface area contributed by atoms with Crippen molar-refractivity contribution in [2.75, 3.05) is 13.2 Å². The van der Waals surface area contributed by atoms with E-state index in [1.54, 1.807) is 0 Å². The molecule has 0 saturated carbocycles. The van der Waals surface area contributed by atoms with Crippen molar-refractivity contribution in [2.45, 2.75) is 25.4 Å². The Morgan fingerprint density at radius 1 is 1.50 bits per heavy atom. The van der Waals surface area contributed by atoms with Gasteiger partial charge in [0.25, 0.3) is 5.91 Å². The summed E-state index contributed by atoms with van der Waals surface area (Å²) in [4.78, 5) is 12.0. The molecule has 0 radical (unpaired) electrons. The summed E-state index contributed by atoms with van der Waals surface area (Å²) < 4.78 is 5.57. The van der Waals surface area contributed by atoms with Crippen LogP contribution in [0, 0.1) is 12.3 Å². The zero-order valence-corrected chi connectivity index (χ0v) is 10.3. The third-order valence-electron chi connectivity index (χ3n) is 3.03. The van der Waals surface area contributed by atoms with Crippen molar-refractivity contribution < 1.29 is 9.53 Å². The van der Waals surface area contributed by atoms with Crippen molar-refractivity contribution in [3.8, 4) is 12.3 Å². The molecule has 0 spiro atoms. The SMILES string of the molecule is C#CCCCNC(=O)C1OCCc2ccccc21. The van der Waals surface area contributed by atoms with Crippen LogP contribution in [0.1, 0.15) is 30.1 Å². The van der Waals surface area contributed by atoms with Crippen molar-refractivity contribution in [1.29, 1.82) is 0 Å². The molecular weight excluding hydrogens is 226 g/mol. The summed E-state index contributed by atoms with van der Waals surface area (Å²) in [5.74, 6) is 2.48. The van der Waals surface area contributed by atoms with E-state index in [0.29, 0.717) is 19.6 Å². The molecule has 1 N–H and O–H groups in total. The molecular formula is C15H17NO2. The number of fused-ring (bicyclic) bond motifs is 1. The van der Waals surface area contributed by atoms with Crippen molar-refractivity contribution in [2.24, 2.45) is 0 Å². The Labute approximate surface area is 108 Å². The van der Waals surface area contributed by atoms with Crippen LogP contribution in [-0.4, -0.2) is 19.1 Å². The van der Waals surface area contributed by atoms with Gasteiger partial charge in [0.1, 0.15) is 0 Å². The molecule has 1 aromatic carbocycles. The van der Waals surface area contributed by atoms with Crippen molar-refractivity contribution in [3.05, 3.63) is 35.4 Å². The van der Waals surface area contributed by atoms with Gasteiger partial charge in [0, 0.05) is 13.0 Å². The smallest absolute Gasteiger partial charge is 0.253 e. The van der Waals surface area contributed by atoms with E-state index in [1.165, 1.54) is 5.56 Å². The summed E-state index contributed by atoms with van der Waals surface area (Å²) in [6.07, 6.45) is 7.05. The average Bonchev–Trinajstić information content (AvgIpc) is 2.43. The van der Waals surface area contributed by atoms with Crippen LogP contribution in [-0.2, 0) is 16.0 Å². The highest BCUT2D eigenvalue weighted by molar-refractivity contribution is 5.82. The van der Waals surface area contributed by atoms with E-state index in [9.17, 15) is 4.79 Å². The highest BCUT2D eigenvalue weighted by Crippen LogP contribution is 2.26. The van der Waals surface area contributed by atoms with Gasteiger partial charge in [-0.3, -0.25) is 4.79 Å². The second-order valence-electron chi connectivity index (χ2n) is 4.30. The molecule has 1 aliphatic heterocycles. The number of unbranched alkanes of at least 4 members (excludes halogenated alkanes) is 1. The molecule has 1 aliphatic rings. The topological polar surface area (TPSA) is 38.3 Å². The Balaban J connectivity index is 1.98. The number of hydrogen-bond donors (Lipinski definition) is 1. The molecule has 3 nitrogen and oxygen atoms in total. The second-order valence-corrected chi connectivity index (χ2v) is 4.30. The molecule has 3 heteroatoms. The molecule has 1 atom stereocenters. The van der Waals surface area contributed by atoms with Gasteiger partial charge in [-0.2, -0.15) is 0 Å². The molecule has 18 heavy (non-hydrogen) atoms. The number of nitrogens with one attached hydrogen (secondary N) is 1. The lowest BCUT2D eigenvalue weighted by atomic mass is 9.97. The third-order valence-corrected chi connectivity index (χ3v) is 3.03. The number of carbonyl (C=O) groups excluding carboxylic acids is 1. The molecule has 0 fully saturated rings. The van der Waals surface area contributed by atoms with Crippen LogP contribution in [0.2, 0.25) is 0 Å². The number of ether oxygens (including phenoxy) is 1. The summed E-state index contributed by atoms with van der Waals surface area (Å²) in [5.41, 5.74) is 2.19. The number of terminal acetylenes is 1. The zero-order chi connectivity index (χ0) is 12.8. The highest BCUT2D eigenvalue weighted by Gasteiger charge is 2.26. The predicted molar refractivity (Wildman–Crippen MR) is 69.9 cm³/mol. The molecule has 2 rings (SSSR count). The minimum Gasteiger partial charge on any atom is -0.363 e. The average molecular weight is 243 g/mol. The fourth-order valence-electron chi connectivity index (χ4n) is 2.11. The van der Waals surface area contributed by atoms with E-state index in [2.05, 4.69) is 17.3 Å². The summed E-state index contributed by atoms with van der Waals surface area (Å²) in [6.45, 7) is 1.20. The summed E-state index contributed by atoms with van der Waals surface area (Å²) in [6, 6.07) is 7.94. The van der Waals surface area contributed by atoms with Crippen molar-refractivity contribution in [3.63, 3.8) is 0 Å². The lowest BCUT2D eigenvalue weighted by Gasteiger charge is -2.25. The van der Waals surface area contributed by atoms with E-state index in [1.807, 2.05) is 18.2 Å². The molecule has 94 valence electrons. The standard InChI is InChI=1S/C15H17NO2/c1-2-3-6-10-16-15(17)14-13-8-5-4-7-12(13)9-11-18-14/h1,4-5,7-8,14H,3,6,9-11H2,(H,16,17). The number of amides is 1. The molecule has 1 aromatic rings. The second kappa shape index (κ2) is 6.23. The van der Waals surface area contributed by atoms with Crippen molar-refractivity contribution in [1.82, 2.24) is 5.32 Å². The number of rotatable bonds is 4. The first-order chi connectivity index (χ1) is 8.83. The predicted octanol–water partition coefficient (Wildman–Crippen LogP) is 1.83. The van der Waals surface area contributed by atoms with E-state index < -0.39 is 6.10 Å². The van der Waals surface area contributed by atoms with Crippen LogP contribution in [0.4, 0.5) is 0 Å². The van der Waals surface area contributed by atoms with Gasteiger partial charge in [0.05, 0.1) is 6.61 Å². The third kappa shape index (κ3) is 2.91. The Morgan fingerprint density at radius 3 is 3.17 bits per heavy atom. The van der Waals surface area contributed by atoms with Crippen LogP contribution in [0.5, 0.6) is 0 Å². The Kier molecular flexibility index (Phi) is 4.38. The first kappa shape index (κ1) is 12.7. The zero-order valence-electron chi connectivity index (χ0n) is 10.3. The molecule has 0 aromatic heterocycles. The van der Waals surface area contributed by atoms with Crippen LogP contribution in [0.3, 0.4) is 0 Å². The fourth-order valence-corrected chi connectivity index (χ4v) is 2.11. The van der Waals surface area contributed by atoms with Gasteiger partial charge >= 0.3 is 0 Å². The maximum absolute atomic E-state index is 12.0. The molecule has 1 amide bonds. The largest absolute Gasteiger partial charge is 0.363 e. The maximum Gasteiger partial charge on any atom is 0.253 e. The first-order valence-electron chi connectivity index (χ1n) is 6.23. The van der Waals surface area contributed by atoms with Gasteiger partial charge in [-0.1, -0.05) is 24.3 Å². The van der Waals surface area contributed by atoms with Crippen LogP contribution in [0.25, 0.3) is 0 Å². The van der Waals surface area contributed by atoms with Gasteiger partial charge in [-0.15, -0.1) is 12.3 Å². The maximum atomic E-state index is 12.0. The lowest BCUT2D eigenvalue weighted by molar-refractivity contribution is -0.134. The Bertz CT molecular complexity index is 462. The number of carbonyl (C=O) groups is 1. The van der Waals surface area contributed by atoms with Gasteiger partial charge in [-0.25, -0.2) is 0 Å². The molecule has 1 unspecified atom stereocenters. The van der Waals surface area contributed by atoms with Gasteiger partial charge < -0.3 is 10.1 Å². The van der Waals surface area contributed by atoms with Crippen molar-refractivity contribution >= 4 is 5.91 Å². The Hall–Kier alpha value is -1.79. The van der Waals surface area contributed by atoms with Crippen LogP contribution >= 0.6 is 0 Å². The molecule has 1 heterocycles. The molecule has 0 saturated heterocycles. The number of hydrogen-bond acceptors (Lipinski definition) is 2. The molecule has 0 bridgehead atoms. The van der Waals surface area contributed by atoms with Gasteiger partial charge in [0.2, 0.25) is 0 Å². The van der Waals surface area contributed by atoms with E-state index in [4.69, 9.17) is 11.2 Å². The fraction of sp³-hybridized carbons (Fsp3) is 0.400. The van der Waals surface area contributed by atoms with E-state index in [0.717, 1.165) is 18.4 Å². The minimum atomic E-state index is -0.471. The molecule has 0 aliphatic carbocycles. The van der Waals surface area contributed by atoms with Crippen LogP contribution in [0.15, 0.2) is 24.3 Å². The quantitative estimate of drug-likeness (QED) is 0.647. The first-order valence-corrected chi connectivity index (χ1v) is 6.23. The summed E-state index contributed by atoms with van der Waals surface area (Å²) in [7, 11) is 0. The summed E-state index contributed by atoms with van der Waals surface area (Å²) >= 11 is 0. The normalized spacial score (nSPS) is 17.6. The summed E-state index contributed by atoms with van der Waals surface area (Å²) in [5, 5.41) is 2.87. The Morgan fingerprint density at radius 2 is 2.33 bits per heavy atom.